The summed E-state index contributed by atoms with van der Waals surface area (Å²) in [4.78, 5) is 0. The first-order valence-corrected chi connectivity index (χ1v) is 5.74. The normalized spacial score (nSPS) is 11.9. The molecule has 1 aromatic rings. The molecule has 0 aliphatic rings. The molecular formula is C10H20N6O. The van der Waals surface area contributed by atoms with E-state index in [1.54, 1.807) is 6.33 Å². The Labute approximate surface area is 101 Å². The summed E-state index contributed by atoms with van der Waals surface area (Å²) < 4.78 is 1.92. The zero-order valence-electron chi connectivity index (χ0n) is 10.1. The molecule has 7 heteroatoms. The van der Waals surface area contributed by atoms with Crippen LogP contribution in [0.1, 0.15) is 25.1 Å². The van der Waals surface area contributed by atoms with Crippen LogP contribution in [0, 0.1) is 0 Å². The summed E-state index contributed by atoms with van der Waals surface area (Å²) >= 11 is 0. The average molecular weight is 240 g/mol. The van der Waals surface area contributed by atoms with Crippen LogP contribution in [0.5, 0.6) is 0 Å². The van der Waals surface area contributed by atoms with Crippen LogP contribution < -0.4 is 11.1 Å². The molecule has 0 spiro atoms. The molecule has 0 bridgehead atoms. The highest BCUT2D eigenvalue weighted by atomic mass is 16.4. The number of amidine groups is 1. The monoisotopic (exact) mass is 240 g/mol. The summed E-state index contributed by atoms with van der Waals surface area (Å²) in [6, 6.07) is 0. The minimum Gasteiger partial charge on any atom is -0.409 e. The van der Waals surface area contributed by atoms with Gasteiger partial charge in [-0.2, -0.15) is 0 Å². The number of unbranched alkanes of at least 4 members (excludes halogenated alkanes) is 1. The minimum absolute atomic E-state index is 0.295. The second-order valence-corrected chi connectivity index (χ2v) is 3.91. The van der Waals surface area contributed by atoms with Crippen LogP contribution in [0.2, 0.25) is 0 Å². The van der Waals surface area contributed by atoms with E-state index in [0.717, 1.165) is 38.2 Å². The van der Waals surface area contributed by atoms with Crippen molar-refractivity contribution in [2.24, 2.45) is 17.9 Å². The zero-order chi connectivity index (χ0) is 12.5. The second-order valence-electron chi connectivity index (χ2n) is 3.91. The maximum absolute atomic E-state index is 8.34. The molecule has 1 heterocycles. The Bertz CT molecular complexity index is 348. The van der Waals surface area contributed by atoms with E-state index in [9.17, 15) is 0 Å². The summed E-state index contributed by atoms with van der Waals surface area (Å²) in [6.45, 7) is 1.81. The van der Waals surface area contributed by atoms with Gasteiger partial charge in [0.1, 0.15) is 18.0 Å². The number of hydrogen-bond acceptors (Lipinski definition) is 5. The van der Waals surface area contributed by atoms with Gasteiger partial charge < -0.3 is 20.8 Å². The molecule has 1 aromatic heterocycles. The van der Waals surface area contributed by atoms with Crippen molar-refractivity contribution in [2.45, 2.75) is 25.7 Å². The molecule has 0 fully saturated rings. The van der Waals surface area contributed by atoms with Crippen molar-refractivity contribution in [2.75, 3.05) is 13.1 Å². The van der Waals surface area contributed by atoms with Crippen molar-refractivity contribution < 1.29 is 5.21 Å². The maximum Gasteiger partial charge on any atom is 0.139 e. The number of nitrogens with zero attached hydrogens (tertiary/aromatic N) is 4. The summed E-state index contributed by atoms with van der Waals surface area (Å²) in [5.74, 6) is 1.28. The van der Waals surface area contributed by atoms with Crippen LogP contribution in [0.3, 0.4) is 0 Å². The first-order valence-electron chi connectivity index (χ1n) is 5.74. The lowest BCUT2D eigenvalue weighted by Crippen LogP contribution is -2.20. The van der Waals surface area contributed by atoms with Crippen LogP contribution in [0.15, 0.2) is 11.5 Å². The first-order chi connectivity index (χ1) is 8.24. The van der Waals surface area contributed by atoms with Gasteiger partial charge >= 0.3 is 0 Å². The van der Waals surface area contributed by atoms with Gasteiger partial charge in [-0.3, -0.25) is 0 Å². The van der Waals surface area contributed by atoms with Gasteiger partial charge in [0.15, 0.2) is 0 Å². The Morgan fingerprint density at radius 2 is 2.35 bits per heavy atom. The van der Waals surface area contributed by atoms with E-state index in [2.05, 4.69) is 20.7 Å². The number of nitrogens with one attached hydrogen (secondary N) is 1. The van der Waals surface area contributed by atoms with Crippen LogP contribution in [-0.2, 0) is 13.5 Å². The minimum atomic E-state index is 0.295. The van der Waals surface area contributed by atoms with Gasteiger partial charge in [0.25, 0.3) is 0 Å². The molecule has 0 saturated heterocycles. The van der Waals surface area contributed by atoms with E-state index < -0.39 is 0 Å². The summed E-state index contributed by atoms with van der Waals surface area (Å²) in [7, 11) is 1.94. The lowest BCUT2D eigenvalue weighted by atomic mass is 10.2. The molecule has 7 nitrogen and oxygen atoms in total. The Balaban J connectivity index is 1.97. The molecule has 0 unspecified atom stereocenters. The summed E-state index contributed by atoms with van der Waals surface area (Å²) in [5, 5.41) is 22.4. The fraction of sp³-hybridized carbons (Fsp3) is 0.700. The van der Waals surface area contributed by atoms with E-state index in [-0.39, 0.29) is 0 Å². The number of oxime groups is 1. The highest BCUT2D eigenvalue weighted by Crippen LogP contribution is 1.94. The Morgan fingerprint density at radius 3 is 3.00 bits per heavy atom. The third kappa shape index (κ3) is 5.30. The molecule has 0 atom stereocenters. The number of aromatic nitrogens is 3. The maximum atomic E-state index is 8.34. The zero-order valence-corrected chi connectivity index (χ0v) is 10.1. The van der Waals surface area contributed by atoms with E-state index in [1.165, 1.54) is 0 Å². The fourth-order valence-electron chi connectivity index (χ4n) is 1.46. The largest absolute Gasteiger partial charge is 0.409 e. The third-order valence-electron chi connectivity index (χ3n) is 2.50. The molecule has 0 saturated carbocycles. The van der Waals surface area contributed by atoms with Gasteiger partial charge in [0, 0.05) is 26.4 Å². The molecule has 0 aromatic carbocycles. The lowest BCUT2D eigenvalue weighted by molar-refractivity contribution is 0.316. The van der Waals surface area contributed by atoms with E-state index in [4.69, 9.17) is 10.9 Å². The van der Waals surface area contributed by atoms with Crippen molar-refractivity contribution >= 4 is 5.84 Å². The molecule has 96 valence electrons. The van der Waals surface area contributed by atoms with Crippen LogP contribution in [-0.4, -0.2) is 38.9 Å². The molecule has 1 rings (SSSR count). The molecule has 0 aliphatic carbocycles. The van der Waals surface area contributed by atoms with Crippen molar-refractivity contribution in [3.8, 4) is 0 Å². The SMILES string of the molecule is Cn1cnnc1CCNCCCCC(N)=NO. The molecule has 0 radical (unpaired) electrons. The van der Waals surface area contributed by atoms with Gasteiger partial charge in [-0.1, -0.05) is 5.16 Å². The Kier molecular flexibility index (Phi) is 6.02. The Hall–Kier alpha value is -1.63. The van der Waals surface area contributed by atoms with E-state index >= 15 is 0 Å². The van der Waals surface area contributed by atoms with Crippen molar-refractivity contribution in [1.82, 2.24) is 20.1 Å². The average Bonchev–Trinajstić information content (AvgIpc) is 2.73. The smallest absolute Gasteiger partial charge is 0.139 e. The van der Waals surface area contributed by atoms with E-state index in [1.807, 2.05) is 11.6 Å². The predicted molar refractivity (Wildman–Crippen MR) is 64.8 cm³/mol. The van der Waals surface area contributed by atoms with Gasteiger partial charge in [-0.05, 0) is 19.4 Å². The molecular weight excluding hydrogens is 220 g/mol. The van der Waals surface area contributed by atoms with Crippen LogP contribution in [0.4, 0.5) is 0 Å². The predicted octanol–water partition coefficient (Wildman–Crippen LogP) is -0.136. The van der Waals surface area contributed by atoms with Gasteiger partial charge in [0.05, 0.1) is 0 Å². The molecule has 0 aliphatic heterocycles. The quantitative estimate of drug-likeness (QED) is 0.193. The van der Waals surface area contributed by atoms with Crippen molar-refractivity contribution in [3.63, 3.8) is 0 Å². The topological polar surface area (TPSA) is 101 Å². The summed E-state index contributed by atoms with van der Waals surface area (Å²) in [6.07, 6.45) is 5.15. The first kappa shape index (κ1) is 13.4. The van der Waals surface area contributed by atoms with Gasteiger partial charge in [0.2, 0.25) is 0 Å². The third-order valence-corrected chi connectivity index (χ3v) is 2.50. The van der Waals surface area contributed by atoms with E-state index in [0.29, 0.717) is 12.3 Å². The number of rotatable bonds is 8. The molecule has 0 amide bonds. The summed E-state index contributed by atoms with van der Waals surface area (Å²) in [5.41, 5.74) is 5.36. The molecule has 17 heavy (non-hydrogen) atoms. The lowest BCUT2D eigenvalue weighted by Gasteiger charge is -2.04. The fourth-order valence-corrected chi connectivity index (χ4v) is 1.46. The van der Waals surface area contributed by atoms with Gasteiger partial charge in [-0.15, -0.1) is 10.2 Å². The number of hydrogen-bond donors (Lipinski definition) is 3. The second kappa shape index (κ2) is 7.61. The van der Waals surface area contributed by atoms with Crippen molar-refractivity contribution in [3.05, 3.63) is 12.2 Å². The number of aryl methyl sites for hydroxylation is 1. The highest BCUT2D eigenvalue weighted by molar-refractivity contribution is 5.79. The highest BCUT2D eigenvalue weighted by Gasteiger charge is 1.99. The number of nitrogens with two attached hydrogens (primary N) is 1. The van der Waals surface area contributed by atoms with Crippen LogP contribution in [0.25, 0.3) is 0 Å². The van der Waals surface area contributed by atoms with Gasteiger partial charge in [-0.25, -0.2) is 0 Å². The van der Waals surface area contributed by atoms with Crippen molar-refractivity contribution in [1.29, 1.82) is 0 Å². The van der Waals surface area contributed by atoms with Crippen LogP contribution >= 0.6 is 0 Å². The standard InChI is InChI=1S/C10H20N6O/c1-16-8-13-14-10(16)5-7-12-6-3-2-4-9(11)15-17/h8,12,17H,2-7H2,1H3,(H2,11,15). The Morgan fingerprint density at radius 1 is 1.53 bits per heavy atom. The molecule has 4 N–H and O–H groups in total.